The molecule has 1 aromatic heterocycles. The lowest BCUT2D eigenvalue weighted by Crippen LogP contribution is -2.29. The van der Waals surface area contributed by atoms with E-state index in [0.29, 0.717) is 29.4 Å². The van der Waals surface area contributed by atoms with Gasteiger partial charge in [-0.25, -0.2) is 8.42 Å². The van der Waals surface area contributed by atoms with Crippen LogP contribution in [0.5, 0.6) is 11.5 Å². The van der Waals surface area contributed by atoms with Gasteiger partial charge in [-0.1, -0.05) is 6.07 Å². The molecule has 0 radical (unpaired) electrons. The highest BCUT2D eigenvalue weighted by Gasteiger charge is 2.37. The van der Waals surface area contributed by atoms with Crippen LogP contribution in [-0.2, 0) is 10.0 Å². The van der Waals surface area contributed by atoms with E-state index < -0.39 is 10.0 Å². The van der Waals surface area contributed by atoms with E-state index in [-0.39, 0.29) is 18.8 Å². The fraction of sp³-hybridized carbons (Fsp3) is 0.526. The van der Waals surface area contributed by atoms with Gasteiger partial charge in [0.1, 0.15) is 4.90 Å². The topological polar surface area (TPSA) is 73.7 Å². The van der Waals surface area contributed by atoms with Gasteiger partial charge in [0, 0.05) is 19.1 Å². The number of aromatic nitrogens is 2. The van der Waals surface area contributed by atoms with E-state index in [1.54, 1.807) is 15.9 Å². The number of nitrogens with zero attached hydrogens (tertiary/aromatic N) is 3. The SMILES string of the molecule is Cc1nn(C(C)C)c(C)c1S(=O)(=O)N1CC[C@H](c2ccc3c(c2)OCO3)C1. The summed E-state index contributed by atoms with van der Waals surface area (Å²) >= 11 is 0. The predicted octanol–water partition coefficient (Wildman–Crippen LogP) is 2.99. The van der Waals surface area contributed by atoms with Crippen LogP contribution >= 0.6 is 0 Å². The van der Waals surface area contributed by atoms with Crippen LogP contribution in [-0.4, -0.2) is 42.4 Å². The maximum absolute atomic E-state index is 13.3. The Morgan fingerprint density at radius 2 is 1.93 bits per heavy atom. The minimum Gasteiger partial charge on any atom is -0.454 e. The van der Waals surface area contributed by atoms with Gasteiger partial charge in [-0.2, -0.15) is 9.40 Å². The first-order chi connectivity index (χ1) is 12.8. The zero-order valence-corrected chi connectivity index (χ0v) is 16.9. The molecule has 3 heterocycles. The highest BCUT2D eigenvalue weighted by atomic mass is 32.2. The number of benzene rings is 1. The van der Waals surface area contributed by atoms with E-state index in [1.807, 2.05) is 39.0 Å². The van der Waals surface area contributed by atoms with E-state index in [0.717, 1.165) is 23.5 Å². The van der Waals surface area contributed by atoms with Gasteiger partial charge in [0.15, 0.2) is 11.5 Å². The molecule has 0 saturated carbocycles. The molecule has 1 saturated heterocycles. The molecule has 2 aliphatic heterocycles. The van der Waals surface area contributed by atoms with Crippen molar-refractivity contribution < 1.29 is 17.9 Å². The number of aryl methyl sites for hydroxylation is 1. The summed E-state index contributed by atoms with van der Waals surface area (Å²) in [6.45, 7) is 8.81. The Labute approximate surface area is 159 Å². The van der Waals surface area contributed by atoms with Gasteiger partial charge >= 0.3 is 0 Å². The molecule has 1 atom stereocenters. The van der Waals surface area contributed by atoms with Crippen LogP contribution in [0.25, 0.3) is 0 Å². The molecule has 0 unspecified atom stereocenters. The van der Waals surface area contributed by atoms with Gasteiger partial charge in [-0.05, 0) is 57.7 Å². The van der Waals surface area contributed by atoms with Crippen LogP contribution in [0.15, 0.2) is 23.1 Å². The van der Waals surface area contributed by atoms with Gasteiger partial charge in [-0.3, -0.25) is 4.68 Å². The first-order valence-corrected chi connectivity index (χ1v) is 10.7. The first-order valence-electron chi connectivity index (χ1n) is 9.24. The fourth-order valence-electron chi connectivity index (χ4n) is 4.04. The average Bonchev–Trinajstić information content (AvgIpc) is 3.32. The molecule has 2 aromatic rings. The van der Waals surface area contributed by atoms with Crippen LogP contribution < -0.4 is 9.47 Å². The second-order valence-electron chi connectivity index (χ2n) is 7.50. The quantitative estimate of drug-likeness (QED) is 0.801. The van der Waals surface area contributed by atoms with Crippen LogP contribution in [0.4, 0.5) is 0 Å². The highest BCUT2D eigenvalue weighted by Crippen LogP contribution is 2.38. The Balaban J connectivity index is 1.60. The Morgan fingerprint density at radius 1 is 1.19 bits per heavy atom. The third kappa shape index (κ3) is 3.00. The van der Waals surface area contributed by atoms with Gasteiger partial charge < -0.3 is 9.47 Å². The van der Waals surface area contributed by atoms with Gasteiger partial charge in [0.2, 0.25) is 16.8 Å². The lowest BCUT2D eigenvalue weighted by molar-refractivity contribution is 0.174. The Morgan fingerprint density at radius 3 is 2.63 bits per heavy atom. The molecule has 0 spiro atoms. The second kappa shape index (κ2) is 6.53. The van der Waals surface area contributed by atoms with Crippen molar-refractivity contribution in [2.75, 3.05) is 19.9 Å². The largest absolute Gasteiger partial charge is 0.454 e. The molecule has 0 amide bonds. The molecule has 4 rings (SSSR count). The maximum Gasteiger partial charge on any atom is 0.246 e. The summed E-state index contributed by atoms with van der Waals surface area (Å²) in [6, 6.07) is 5.99. The zero-order valence-electron chi connectivity index (χ0n) is 16.1. The normalized spacial score (nSPS) is 20.0. The fourth-order valence-corrected chi connectivity index (χ4v) is 5.90. The molecule has 7 nitrogen and oxygen atoms in total. The number of hydrogen-bond acceptors (Lipinski definition) is 5. The second-order valence-corrected chi connectivity index (χ2v) is 9.37. The van der Waals surface area contributed by atoms with E-state index in [1.165, 1.54) is 0 Å². The van der Waals surface area contributed by atoms with Crippen LogP contribution in [0.2, 0.25) is 0 Å². The van der Waals surface area contributed by atoms with Crippen molar-refractivity contribution in [2.24, 2.45) is 0 Å². The summed E-state index contributed by atoms with van der Waals surface area (Å²) in [6.07, 6.45) is 0.787. The smallest absolute Gasteiger partial charge is 0.246 e. The summed E-state index contributed by atoms with van der Waals surface area (Å²) in [5.41, 5.74) is 2.35. The number of ether oxygens (including phenoxy) is 2. The van der Waals surface area contributed by atoms with Crippen LogP contribution in [0.1, 0.15) is 49.2 Å². The summed E-state index contributed by atoms with van der Waals surface area (Å²) in [5, 5.41) is 4.44. The zero-order chi connectivity index (χ0) is 19.3. The van der Waals surface area contributed by atoms with Crippen molar-refractivity contribution in [2.45, 2.75) is 51.0 Å². The Kier molecular flexibility index (Phi) is 4.43. The Hall–Kier alpha value is -2.06. The van der Waals surface area contributed by atoms with E-state index >= 15 is 0 Å². The third-order valence-electron chi connectivity index (χ3n) is 5.36. The summed E-state index contributed by atoms with van der Waals surface area (Å²) in [7, 11) is -3.57. The van der Waals surface area contributed by atoms with E-state index in [4.69, 9.17) is 9.47 Å². The first kappa shape index (κ1) is 18.3. The molecule has 0 aliphatic carbocycles. The highest BCUT2D eigenvalue weighted by molar-refractivity contribution is 7.89. The molecule has 2 aliphatic rings. The molecule has 0 N–H and O–H groups in total. The molecule has 0 bridgehead atoms. The van der Waals surface area contributed by atoms with E-state index in [2.05, 4.69) is 5.10 Å². The molecular weight excluding hydrogens is 366 g/mol. The third-order valence-corrected chi connectivity index (χ3v) is 7.48. The molecule has 1 aromatic carbocycles. The molecule has 8 heteroatoms. The minimum absolute atomic E-state index is 0.118. The summed E-state index contributed by atoms with van der Waals surface area (Å²) in [4.78, 5) is 0.350. The van der Waals surface area contributed by atoms with Crippen molar-refractivity contribution in [3.8, 4) is 11.5 Å². The van der Waals surface area contributed by atoms with Crippen molar-refractivity contribution in [1.29, 1.82) is 0 Å². The molecule has 27 heavy (non-hydrogen) atoms. The van der Waals surface area contributed by atoms with Gasteiger partial charge in [0.05, 0.1) is 11.4 Å². The molecule has 146 valence electrons. The maximum atomic E-state index is 13.3. The lowest BCUT2D eigenvalue weighted by atomic mass is 9.98. The van der Waals surface area contributed by atoms with E-state index in [9.17, 15) is 8.42 Å². The van der Waals surface area contributed by atoms with Crippen LogP contribution in [0, 0.1) is 13.8 Å². The summed E-state index contributed by atoms with van der Waals surface area (Å²) in [5.74, 6) is 1.63. The van der Waals surface area contributed by atoms with Gasteiger partial charge in [0.25, 0.3) is 0 Å². The van der Waals surface area contributed by atoms with Crippen LogP contribution in [0.3, 0.4) is 0 Å². The van der Waals surface area contributed by atoms with Crippen molar-refractivity contribution in [1.82, 2.24) is 14.1 Å². The van der Waals surface area contributed by atoms with Gasteiger partial charge in [-0.15, -0.1) is 0 Å². The monoisotopic (exact) mass is 391 g/mol. The van der Waals surface area contributed by atoms with Crippen molar-refractivity contribution in [3.05, 3.63) is 35.2 Å². The van der Waals surface area contributed by atoms with Crippen molar-refractivity contribution in [3.63, 3.8) is 0 Å². The molecular formula is C19H25N3O4S. The average molecular weight is 391 g/mol. The number of sulfonamides is 1. The number of fused-ring (bicyclic) bond motifs is 1. The minimum atomic E-state index is -3.57. The lowest BCUT2D eigenvalue weighted by Gasteiger charge is -2.17. The number of rotatable bonds is 4. The molecule has 1 fully saturated rings. The summed E-state index contributed by atoms with van der Waals surface area (Å²) < 4.78 is 40.8. The van der Waals surface area contributed by atoms with Crippen molar-refractivity contribution >= 4 is 10.0 Å². The Bertz CT molecular complexity index is 981. The number of hydrogen-bond donors (Lipinski definition) is 0. The predicted molar refractivity (Wildman–Crippen MR) is 101 cm³/mol. The standard InChI is InChI=1S/C19H25N3O4S/c1-12(2)22-14(4)19(13(3)20-22)27(23,24)21-8-7-16(10-21)15-5-6-17-18(9-15)26-11-25-17/h5-6,9,12,16H,7-8,10-11H2,1-4H3/t16-/m0/s1.